The molecule has 0 fully saturated rings. The molecule has 1 N–H and O–H groups in total. The molecule has 0 saturated carbocycles. The summed E-state index contributed by atoms with van der Waals surface area (Å²) < 4.78 is 31.3. The van der Waals surface area contributed by atoms with Gasteiger partial charge in [-0.3, -0.25) is 10.1 Å². The Bertz CT molecular complexity index is 492. The van der Waals surface area contributed by atoms with Gasteiger partial charge >= 0.3 is 11.9 Å². The molecule has 0 bridgehead atoms. The summed E-state index contributed by atoms with van der Waals surface area (Å²) >= 11 is 0. The summed E-state index contributed by atoms with van der Waals surface area (Å²) in [6, 6.07) is 4.42. The van der Waals surface area contributed by atoms with Crippen molar-refractivity contribution in [1.82, 2.24) is 0 Å². The molecular weight excluding hydrogens is 264 g/mol. The number of carbonyl (C=O) groups excluding carboxylic acids is 1. The van der Waals surface area contributed by atoms with Crippen molar-refractivity contribution in [2.75, 3.05) is 6.61 Å². The number of ether oxygens (including phenoxy) is 1. The lowest BCUT2D eigenvalue weighted by Gasteiger charge is -2.20. The summed E-state index contributed by atoms with van der Waals surface area (Å²) in [4.78, 5) is 20.8. The molecule has 0 aliphatic rings. The number of benzene rings is 1. The largest absolute Gasteiger partial charge is 0.461 e. The molecular formula is C11H11F2NO5. The highest BCUT2D eigenvalue weighted by Crippen LogP contribution is 2.36. The second-order valence-corrected chi connectivity index (χ2v) is 3.56. The standard InChI is InChI=1S/C11H11F2NO5/c1-2-19-10(16)11(12,13)9(15)7-5-3-4-6-8(7)14(17)18/h3-6,9,15H,2H2,1H3. The zero-order chi connectivity index (χ0) is 14.6. The van der Waals surface area contributed by atoms with E-state index in [1.54, 1.807) is 0 Å². The molecule has 6 nitrogen and oxygen atoms in total. The third-order valence-corrected chi connectivity index (χ3v) is 2.32. The van der Waals surface area contributed by atoms with Gasteiger partial charge in [0.2, 0.25) is 0 Å². The maximum Gasteiger partial charge on any atom is 0.380 e. The number of rotatable bonds is 5. The average Bonchev–Trinajstić information content (AvgIpc) is 2.38. The van der Waals surface area contributed by atoms with E-state index >= 15 is 0 Å². The molecule has 0 aliphatic carbocycles. The minimum absolute atomic E-state index is 0.294. The molecule has 0 heterocycles. The van der Waals surface area contributed by atoms with Gasteiger partial charge in [0, 0.05) is 6.07 Å². The minimum atomic E-state index is -4.26. The number of para-hydroxylation sites is 1. The monoisotopic (exact) mass is 275 g/mol. The maximum absolute atomic E-state index is 13.6. The Labute approximate surface area is 106 Å². The zero-order valence-electron chi connectivity index (χ0n) is 9.88. The lowest BCUT2D eigenvalue weighted by atomic mass is 10.0. The molecule has 104 valence electrons. The molecule has 0 amide bonds. The molecule has 8 heteroatoms. The summed E-state index contributed by atoms with van der Waals surface area (Å²) in [7, 11) is 0. The molecule has 0 saturated heterocycles. The van der Waals surface area contributed by atoms with Crippen molar-refractivity contribution in [1.29, 1.82) is 0 Å². The number of halogens is 2. The third kappa shape index (κ3) is 3.02. The van der Waals surface area contributed by atoms with Crippen LogP contribution in [0.15, 0.2) is 24.3 Å². The molecule has 0 aliphatic heterocycles. The van der Waals surface area contributed by atoms with Gasteiger partial charge in [-0.1, -0.05) is 12.1 Å². The Hall–Kier alpha value is -2.09. The van der Waals surface area contributed by atoms with E-state index < -0.39 is 34.2 Å². The van der Waals surface area contributed by atoms with Crippen LogP contribution in [0.5, 0.6) is 0 Å². The second kappa shape index (κ2) is 5.70. The third-order valence-electron chi connectivity index (χ3n) is 2.32. The fourth-order valence-corrected chi connectivity index (χ4v) is 1.42. The number of carbonyl (C=O) groups is 1. The van der Waals surface area contributed by atoms with E-state index in [4.69, 9.17) is 0 Å². The number of hydrogen-bond acceptors (Lipinski definition) is 5. The Morgan fingerprint density at radius 1 is 1.53 bits per heavy atom. The number of nitro benzene ring substituents is 1. The predicted octanol–water partition coefficient (Wildman–Crippen LogP) is 1.83. The van der Waals surface area contributed by atoms with Gasteiger partial charge in [-0.05, 0) is 13.0 Å². The first-order valence-electron chi connectivity index (χ1n) is 5.28. The van der Waals surface area contributed by atoms with Crippen LogP contribution in [-0.2, 0) is 9.53 Å². The molecule has 1 rings (SSSR count). The predicted molar refractivity (Wildman–Crippen MR) is 59.6 cm³/mol. The SMILES string of the molecule is CCOC(=O)C(F)(F)C(O)c1ccccc1[N+](=O)[O-]. The van der Waals surface area contributed by atoms with Crippen LogP contribution in [0.2, 0.25) is 0 Å². The number of esters is 1. The molecule has 1 aromatic carbocycles. The van der Waals surface area contributed by atoms with E-state index in [-0.39, 0.29) is 6.61 Å². The van der Waals surface area contributed by atoms with Crippen molar-refractivity contribution in [3.63, 3.8) is 0 Å². The van der Waals surface area contributed by atoms with Gasteiger partial charge in [-0.15, -0.1) is 0 Å². The van der Waals surface area contributed by atoms with Crippen LogP contribution >= 0.6 is 0 Å². The Morgan fingerprint density at radius 3 is 2.63 bits per heavy atom. The second-order valence-electron chi connectivity index (χ2n) is 3.56. The van der Waals surface area contributed by atoms with Crippen LogP contribution in [-0.4, -0.2) is 28.5 Å². The Kier molecular flexibility index (Phi) is 4.49. The summed E-state index contributed by atoms with van der Waals surface area (Å²) in [5, 5.41) is 20.2. The van der Waals surface area contributed by atoms with Crippen LogP contribution in [0.4, 0.5) is 14.5 Å². The fraction of sp³-hybridized carbons (Fsp3) is 0.364. The Morgan fingerprint density at radius 2 is 2.11 bits per heavy atom. The van der Waals surface area contributed by atoms with E-state index in [0.29, 0.717) is 0 Å². The molecule has 0 radical (unpaired) electrons. The van der Waals surface area contributed by atoms with Crippen LogP contribution in [0.3, 0.4) is 0 Å². The quantitative estimate of drug-likeness (QED) is 0.503. The highest BCUT2D eigenvalue weighted by Gasteiger charge is 2.50. The first-order chi connectivity index (χ1) is 8.82. The maximum atomic E-state index is 13.6. The minimum Gasteiger partial charge on any atom is -0.461 e. The highest BCUT2D eigenvalue weighted by molar-refractivity contribution is 5.79. The van der Waals surface area contributed by atoms with Crippen LogP contribution in [0.1, 0.15) is 18.6 Å². The van der Waals surface area contributed by atoms with Crippen LogP contribution in [0, 0.1) is 10.1 Å². The van der Waals surface area contributed by atoms with Crippen molar-refractivity contribution in [2.24, 2.45) is 0 Å². The molecule has 1 atom stereocenters. The highest BCUT2D eigenvalue weighted by atomic mass is 19.3. The van der Waals surface area contributed by atoms with Gasteiger partial charge in [-0.25, -0.2) is 4.79 Å². The topological polar surface area (TPSA) is 89.7 Å². The smallest absolute Gasteiger partial charge is 0.380 e. The average molecular weight is 275 g/mol. The van der Waals surface area contributed by atoms with Crippen LogP contribution < -0.4 is 0 Å². The van der Waals surface area contributed by atoms with E-state index in [0.717, 1.165) is 12.1 Å². The number of nitro groups is 1. The van der Waals surface area contributed by atoms with E-state index in [9.17, 15) is 28.8 Å². The molecule has 0 spiro atoms. The van der Waals surface area contributed by atoms with Crippen molar-refractivity contribution < 1.29 is 28.3 Å². The first-order valence-corrected chi connectivity index (χ1v) is 5.28. The fourth-order valence-electron chi connectivity index (χ4n) is 1.42. The van der Waals surface area contributed by atoms with Gasteiger partial charge < -0.3 is 9.84 Å². The van der Waals surface area contributed by atoms with Gasteiger partial charge in [-0.2, -0.15) is 8.78 Å². The lowest BCUT2D eigenvalue weighted by Crippen LogP contribution is -2.37. The zero-order valence-corrected chi connectivity index (χ0v) is 9.88. The number of aliphatic hydroxyl groups is 1. The van der Waals surface area contributed by atoms with E-state index in [1.807, 2.05) is 0 Å². The van der Waals surface area contributed by atoms with Gasteiger partial charge in [0.25, 0.3) is 5.69 Å². The lowest BCUT2D eigenvalue weighted by molar-refractivity contribution is -0.386. The molecule has 1 unspecified atom stereocenters. The molecule has 19 heavy (non-hydrogen) atoms. The number of aliphatic hydroxyl groups excluding tert-OH is 1. The van der Waals surface area contributed by atoms with Gasteiger partial charge in [0.05, 0.1) is 17.1 Å². The van der Waals surface area contributed by atoms with Crippen molar-refractivity contribution in [3.05, 3.63) is 39.9 Å². The summed E-state index contributed by atoms with van der Waals surface area (Å²) in [5.41, 5.74) is -1.34. The Balaban J connectivity index is 3.16. The normalized spacial score (nSPS) is 12.8. The summed E-state index contributed by atoms with van der Waals surface area (Å²) in [6.07, 6.45) is -2.65. The first kappa shape index (κ1) is 15.0. The number of alkyl halides is 2. The van der Waals surface area contributed by atoms with Gasteiger partial charge in [0.1, 0.15) is 0 Å². The van der Waals surface area contributed by atoms with Crippen molar-refractivity contribution in [3.8, 4) is 0 Å². The number of hydrogen-bond donors (Lipinski definition) is 1. The number of nitrogens with zero attached hydrogens (tertiary/aromatic N) is 1. The molecule has 0 aromatic heterocycles. The van der Waals surface area contributed by atoms with Crippen LogP contribution in [0.25, 0.3) is 0 Å². The summed E-state index contributed by atoms with van der Waals surface area (Å²) in [5.74, 6) is -6.19. The van der Waals surface area contributed by atoms with Gasteiger partial charge in [0.15, 0.2) is 6.10 Å². The van der Waals surface area contributed by atoms with Crippen molar-refractivity contribution in [2.45, 2.75) is 19.0 Å². The molecule has 1 aromatic rings. The summed E-state index contributed by atoms with van der Waals surface area (Å²) in [6.45, 7) is 1.03. The van der Waals surface area contributed by atoms with E-state index in [1.165, 1.54) is 19.1 Å². The van der Waals surface area contributed by atoms with Crippen molar-refractivity contribution >= 4 is 11.7 Å². The van der Waals surface area contributed by atoms with E-state index in [2.05, 4.69) is 4.74 Å².